The minimum atomic E-state index is -0.554. The Morgan fingerprint density at radius 2 is 1.91 bits per heavy atom. The maximum Gasteiger partial charge on any atom is 0.325 e. The van der Waals surface area contributed by atoms with Crippen LogP contribution in [0.15, 0.2) is 58.5 Å². The molecule has 4 rings (SSSR count). The maximum absolute atomic E-state index is 13.2. The number of carbonyl (C=O) groups is 1. The Kier molecular flexibility index (Phi) is 6.32. The minimum absolute atomic E-state index is 0.112. The second kappa shape index (κ2) is 9.16. The van der Waals surface area contributed by atoms with E-state index in [-0.39, 0.29) is 11.5 Å². The van der Waals surface area contributed by atoms with Crippen molar-refractivity contribution in [2.24, 2.45) is 0 Å². The van der Waals surface area contributed by atoms with Crippen molar-refractivity contribution in [1.82, 2.24) is 10.1 Å². The van der Waals surface area contributed by atoms with Crippen LogP contribution < -0.4 is 20.0 Å². The van der Waals surface area contributed by atoms with Crippen molar-refractivity contribution < 1.29 is 9.48 Å². The maximum atomic E-state index is 13.2. The average molecular weight is 451 g/mol. The van der Waals surface area contributed by atoms with Gasteiger partial charge in [-0.05, 0) is 47.5 Å². The number of nitrogens with zero attached hydrogens (tertiary/aromatic N) is 4. The first-order valence-electron chi connectivity index (χ1n) is 10.8. The van der Waals surface area contributed by atoms with Crippen molar-refractivity contribution in [3.63, 3.8) is 0 Å². The highest BCUT2D eigenvalue weighted by Gasteiger charge is 2.44. The molecule has 7 nitrogen and oxygen atoms in total. The third kappa shape index (κ3) is 4.02. The van der Waals surface area contributed by atoms with Gasteiger partial charge in [0.1, 0.15) is 0 Å². The summed E-state index contributed by atoms with van der Waals surface area (Å²) in [5.41, 5.74) is 3.60. The summed E-state index contributed by atoms with van der Waals surface area (Å²) >= 11 is 1.53. The average Bonchev–Trinajstić information content (AvgIpc) is 2.78. The van der Waals surface area contributed by atoms with E-state index in [1.54, 1.807) is 16.5 Å². The van der Waals surface area contributed by atoms with Crippen LogP contribution in [0.3, 0.4) is 0 Å². The normalized spacial score (nSPS) is 14.6. The fourth-order valence-electron chi connectivity index (χ4n) is 3.94. The number of benzene rings is 2. The van der Waals surface area contributed by atoms with Gasteiger partial charge in [0.15, 0.2) is 0 Å². The predicted octanol–water partition coefficient (Wildman–Crippen LogP) is 3.60. The first-order valence-corrected chi connectivity index (χ1v) is 11.8. The van der Waals surface area contributed by atoms with Gasteiger partial charge in [0.25, 0.3) is 6.17 Å². The van der Waals surface area contributed by atoms with Gasteiger partial charge >= 0.3 is 11.3 Å². The summed E-state index contributed by atoms with van der Waals surface area (Å²) in [4.78, 5) is 32.8. The van der Waals surface area contributed by atoms with E-state index in [4.69, 9.17) is 5.10 Å². The molecule has 32 heavy (non-hydrogen) atoms. The first-order chi connectivity index (χ1) is 15.4. The Morgan fingerprint density at radius 3 is 2.56 bits per heavy atom. The number of fused-ring (bicyclic) bond motifs is 3. The zero-order valence-electron chi connectivity index (χ0n) is 18.8. The number of rotatable bonds is 6. The zero-order chi connectivity index (χ0) is 22.8. The number of aromatic nitrogens is 3. The molecule has 1 amide bonds. The third-order valence-corrected chi connectivity index (χ3v) is 6.49. The van der Waals surface area contributed by atoms with E-state index < -0.39 is 6.17 Å². The molecule has 1 aliphatic rings. The molecule has 1 atom stereocenters. The summed E-state index contributed by atoms with van der Waals surface area (Å²) in [6.07, 6.45) is 1.55. The number of thioether (sulfide) groups is 1. The quantitative estimate of drug-likeness (QED) is 0.353. The van der Waals surface area contributed by atoms with E-state index in [1.807, 2.05) is 67.5 Å². The Labute approximate surface area is 192 Å². The van der Waals surface area contributed by atoms with Crippen molar-refractivity contribution in [3.8, 4) is 11.3 Å². The molecule has 1 N–H and O–H groups in total. The molecule has 0 saturated carbocycles. The molecule has 3 aromatic rings. The molecule has 1 aromatic heterocycles. The summed E-state index contributed by atoms with van der Waals surface area (Å²) in [7, 11) is 3.97. The van der Waals surface area contributed by atoms with E-state index >= 15 is 0 Å². The summed E-state index contributed by atoms with van der Waals surface area (Å²) in [5.74, 6) is 0.758. The summed E-state index contributed by atoms with van der Waals surface area (Å²) in [6, 6.07) is 15.5. The molecule has 0 saturated heterocycles. The van der Waals surface area contributed by atoms with E-state index in [0.29, 0.717) is 22.1 Å². The topological polar surface area (TPSA) is 73.2 Å². The van der Waals surface area contributed by atoms with Crippen molar-refractivity contribution in [1.29, 1.82) is 0 Å². The highest BCUT2D eigenvalue weighted by Crippen LogP contribution is 2.37. The van der Waals surface area contributed by atoms with Crippen LogP contribution in [0.25, 0.3) is 11.3 Å². The van der Waals surface area contributed by atoms with Crippen LogP contribution in [-0.2, 0) is 4.79 Å². The van der Waals surface area contributed by atoms with Gasteiger partial charge in [-0.3, -0.25) is 14.6 Å². The van der Waals surface area contributed by atoms with Crippen molar-refractivity contribution in [2.45, 2.75) is 38.0 Å². The Morgan fingerprint density at radius 1 is 1.19 bits per heavy atom. The molecule has 2 aromatic carbocycles. The van der Waals surface area contributed by atoms with Crippen molar-refractivity contribution in [3.05, 3.63) is 64.4 Å². The molecule has 8 heteroatoms. The lowest BCUT2D eigenvalue weighted by Crippen LogP contribution is -2.60. The third-order valence-electron chi connectivity index (χ3n) is 5.54. The molecular formula is C24H28N5O2S+. The fraction of sp³-hybridized carbons (Fsp3) is 0.333. The fourth-order valence-corrected chi connectivity index (χ4v) is 4.87. The predicted molar refractivity (Wildman–Crippen MR) is 128 cm³/mol. The van der Waals surface area contributed by atoms with Gasteiger partial charge in [-0.15, -0.1) is 0 Å². The van der Waals surface area contributed by atoms with Crippen LogP contribution in [0.2, 0.25) is 0 Å². The second-order valence-electron chi connectivity index (χ2n) is 8.02. The van der Waals surface area contributed by atoms with E-state index in [9.17, 15) is 9.59 Å². The highest BCUT2D eigenvalue weighted by molar-refractivity contribution is 7.99. The lowest BCUT2D eigenvalue weighted by atomic mass is 10.0. The standard InChI is InChI=1S/C24H27N5O2S/c1-5-6-15-32-24-25-22(31)21-19-9-7-8-10-20(19)28(16(2)30)23(29(21)26-24)17-11-13-18(14-12-17)27(3)4/h7-14,23H,5-6,15H2,1-4H3/p+1/t23-/m0/s1. The molecular weight excluding hydrogens is 422 g/mol. The monoisotopic (exact) mass is 450 g/mol. The summed E-state index contributed by atoms with van der Waals surface area (Å²) in [6.45, 7) is 3.68. The molecule has 0 fully saturated rings. The number of carbonyl (C=O) groups excluding carboxylic acids is 1. The van der Waals surface area contributed by atoms with Gasteiger partial charge < -0.3 is 4.90 Å². The summed E-state index contributed by atoms with van der Waals surface area (Å²) in [5, 5.41) is 5.37. The SMILES string of the molecule is CCCCSc1n[n+]2c(c(=O)[nH]1)-c1ccccc1N(C(C)=O)[C@@H]2c1ccc(N(C)C)cc1. The van der Waals surface area contributed by atoms with Crippen LogP contribution >= 0.6 is 11.8 Å². The van der Waals surface area contributed by atoms with Gasteiger partial charge in [0, 0.05) is 43.1 Å². The number of nitrogens with one attached hydrogen (secondary N) is 1. The molecule has 1 aliphatic heterocycles. The van der Waals surface area contributed by atoms with Crippen LogP contribution in [0.5, 0.6) is 0 Å². The summed E-state index contributed by atoms with van der Waals surface area (Å²) < 4.78 is 1.71. The number of anilines is 2. The molecule has 0 unspecified atom stereocenters. The van der Waals surface area contributed by atoms with Crippen molar-refractivity contribution in [2.75, 3.05) is 29.6 Å². The number of hydrogen-bond donors (Lipinski definition) is 1. The number of aromatic amines is 1. The molecule has 166 valence electrons. The van der Waals surface area contributed by atoms with Gasteiger partial charge in [-0.1, -0.05) is 37.2 Å². The second-order valence-corrected chi connectivity index (χ2v) is 9.10. The Hall–Kier alpha value is -3.13. The molecule has 0 bridgehead atoms. The van der Waals surface area contributed by atoms with E-state index in [0.717, 1.165) is 29.8 Å². The van der Waals surface area contributed by atoms with E-state index in [1.165, 1.54) is 11.8 Å². The number of hydrogen-bond acceptors (Lipinski definition) is 5. The smallest absolute Gasteiger partial charge is 0.325 e. The molecule has 0 radical (unpaired) electrons. The van der Waals surface area contributed by atoms with E-state index in [2.05, 4.69) is 11.9 Å². The molecule has 0 spiro atoms. The molecule has 0 aliphatic carbocycles. The number of para-hydroxylation sites is 1. The van der Waals surface area contributed by atoms with Gasteiger partial charge in [0.05, 0.1) is 11.3 Å². The van der Waals surface area contributed by atoms with Gasteiger partial charge in [-0.25, -0.2) is 4.90 Å². The highest BCUT2D eigenvalue weighted by atomic mass is 32.2. The van der Waals surface area contributed by atoms with Crippen LogP contribution in [-0.4, -0.2) is 35.8 Å². The molecule has 2 heterocycles. The number of H-pyrrole nitrogens is 1. The minimum Gasteiger partial charge on any atom is -0.378 e. The van der Waals surface area contributed by atoms with Crippen LogP contribution in [0.1, 0.15) is 38.4 Å². The van der Waals surface area contributed by atoms with Gasteiger partial charge in [-0.2, -0.15) is 0 Å². The van der Waals surface area contributed by atoms with Gasteiger partial charge in [0.2, 0.25) is 11.1 Å². The van der Waals surface area contributed by atoms with Crippen LogP contribution in [0.4, 0.5) is 11.4 Å². The number of amides is 1. The zero-order valence-corrected chi connectivity index (χ0v) is 19.6. The first kappa shape index (κ1) is 22.1. The largest absolute Gasteiger partial charge is 0.378 e. The lowest BCUT2D eigenvalue weighted by Gasteiger charge is -2.31. The Bertz CT molecular complexity index is 1190. The number of unbranched alkanes of at least 4 members (excludes halogenated alkanes) is 1. The lowest BCUT2D eigenvalue weighted by molar-refractivity contribution is -0.763. The van der Waals surface area contributed by atoms with Crippen molar-refractivity contribution >= 4 is 29.0 Å². The van der Waals surface area contributed by atoms with Crippen LogP contribution in [0, 0.1) is 0 Å². The Balaban J connectivity index is 1.93.